The summed E-state index contributed by atoms with van der Waals surface area (Å²) in [6.07, 6.45) is 0. The number of ether oxygens (including phenoxy) is 2. The normalized spacial score (nSPS) is 15.1. The van der Waals surface area contributed by atoms with Gasteiger partial charge in [0.15, 0.2) is 16.7 Å². The van der Waals surface area contributed by atoms with Crippen LogP contribution in [0.25, 0.3) is 16.7 Å². The lowest BCUT2D eigenvalue weighted by Gasteiger charge is -2.19. The molecule has 0 unspecified atom stereocenters. The lowest BCUT2D eigenvalue weighted by Crippen LogP contribution is -2.05. The average molecular weight is 317 g/mol. The van der Waals surface area contributed by atoms with Crippen LogP contribution in [0.5, 0.6) is 11.5 Å². The standard InChI is InChI=1S/C15H9ClN2O2S/c16-9-1-2-10-12(4-9)18-11-5-14-13(19-7-20-14)3-8(11)6-21-15(18)17-10/h1-5H,6-7H2. The van der Waals surface area contributed by atoms with Gasteiger partial charge >= 0.3 is 0 Å². The van der Waals surface area contributed by atoms with Gasteiger partial charge in [-0.3, -0.25) is 4.57 Å². The van der Waals surface area contributed by atoms with Crippen molar-refractivity contribution in [3.63, 3.8) is 0 Å². The van der Waals surface area contributed by atoms with E-state index >= 15 is 0 Å². The topological polar surface area (TPSA) is 36.3 Å². The van der Waals surface area contributed by atoms with Crippen molar-refractivity contribution in [1.82, 2.24) is 9.55 Å². The van der Waals surface area contributed by atoms with Crippen molar-refractivity contribution in [2.45, 2.75) is 10.9 Å². The molecule has 0 saturated carbocycles. The van der Waals surface area contributed by atoms with Crippen molar-refractivity contribution in [3.05, 3.63) is 40.9 Å². The second kappa shape index (κ2) is 4.08. The molecular formula is C15H9ClN2O2S. The quantitative estimate of drug-likeness (QED) is 0.628. The molecule has 0 atom stereocenters. The SMILES string of the molecule is Clc1ccc2nc3n(c2c1)-c1cc2c(cc1CS3)OCO2. The van der Waals surface area contributed by atoms with Crippen molar-refractivity contribution in [3.8, 4) is 17.2 Å². The molecule has 0 radical (unpaired) electrons. The molecule has 2 aromatic carbocycles. The van der Waals surface area contributed by atoms with E-state index in [1.54, 1.807) is 11.8 Å². The first-order valence-electron chi connectivity index (χ1n) is 6.53. The summed E-state index contributed by atoms with van der Waals surface area (Å²) in [5.74, 6) is 2.49. The number of hydrogen-bond acceptors (Lipinski definition) is 4. The number of benzene rings is 2. The molecule has 1 aromatic heterocycles. The Balaban J connectivity index is 1.85. The number of rotatable bonds is 0. The highest BCUT2D eigenvalue weighted by Crippen LogP contribution is 2.43. The van der Waals surface area contributed by atoms with Crippen LogP contribution in [0, 0.1) is 0 Å². The first kappa shape index (κ1) is 11.8. The van der Waals surface area contributed by atoms with Crippen molar-refractivity contribution in [2.24, 2.45) is 0 Å². The Kier molecular flexibility index (Phi) is 2.29. The summed E-state index contributed by atoms with van der Waals surface area (Å²) >= 11 is 7.87. The van der Waals surface area contributed by atoms with E-state index < -0.39 is 0 Å². The number of halogens is 1. The molecule has 2 aliphatic heterocycles. The van der Waals surface area contributed by atoms with Crippen LogP contribution in [-0.2, 0) is 5.75 Å². The smallest absolute Gasteiger partial charge is 0.231 e. The summed E-state index contributed by atoms with van der Waals surface area (Å²) in [5, 5.41) is 1.70. The van der Waals surface area contributed by atoms with Gasteiger partial charge in [-0.2, -0.15) is 0 Å². The fourth-order valence-corrected chi connectivity index (χ4v) is 3.97. The van der Waals surface area contributed by atoms with E-state index in [2.05, 4.69) is 15.6 Å². The van der Waals surface area contributed by atoms with Crippen LogP contribution in [0.2, 0.25) is 5.02 Å². The van der Waals surface area contributed by atoms with Crippen molar-refractivity contribution in [1.29, 1.82) is 0 Å². The minimum atomic E-state index is 0.286. The minimum Gasteiger partial charge on any atom is -0.454 e. The number of fused-ring (bicyclic) bond motifs is 6. The summed E-state index contributed by atoms with van der Waals surface area (Å²) in [5.41, 5.74) is 4.28. The van der Waals surface area contributed by atoms with Crippen LogP contribution in [0.4, 0.5) is 0 Å². The highest BCUT2D eigenvalue weighted by Gasteiger charge is 2.25. The molecule has 21 heavy (non-hydrogen) atoms. The molecule has 0 fully saturated rings. The van der Waals surface area contributed by atoms with Crippen molar-refractivity contribution < 1.29 is 9.47 Å². The van der Waals surface area contributed by atoms with Crippen molar-refractivity contribution in [2.75, 3.05) is 6.79 Å². The summed E-state index contributed by atoms with van der Waals surface area (Å²) in [6, 6.07) is 9.87. The Morgan fingerprint density at radius 2 is 2.00 bits per heavy atom. The maximum atomic E-state index is 6.15. The van der Waals surface area contributed by atoms with Gasteiger partial charge in [0.2, 0.25) is 6.79 Å². The maximum Gasteiger partial charge on any atom is 0.231 e. The van der Waals surface area contributed by atoms with Crippen LogP contribution < -0.4 is 9.47 Å². The molecule has 5 rings (SSSR count). The molecule has 0 amide bonds. The van der Waals surface area contributed by atoms with Gasteiger partial charge in [0.25, 0.3) is 0 Å². The maximum absolute atomic E-state index is 6.15. The van der Waals surface area contributed by atoms with E-state index in [1.807, 2.05) is 24.3 Å². The van der Waals surface area contributed by atoms with Crippen LogP contribution >= 0.6 is 23.4 Å². The molecule has 3 heterocycles. The summed E-state index contributed by atoms with van der Waals surface area (Å²) < 4.78 is 13.1. The van der Waals surface area contributed by atoms with Gasteiger partial charge < -0.3 is 9.47 Å². The highest BCUT2D eigenvalue weighted by atomic mass is 35.5. The predicted octanol–water partition coefficient (Wildman–Crippen LogP) is 4.01. The van der Waals surface area contributed by atoms with Crippen molar-refractivity contribution >= 4 is 34.4 Å². The predicted molar refractivity (Wildman–Crippen MR) is 81.8 cm³/mol. The van der Waals surface area contributed by atoms with E-state index in [9.17, 15) is 0 Å². The first-order valence-corrected chi connectivity index (χ1v) is 7.90. The van der Waals surface area contributed by atoms with Gasteiger partial charge in [0.05, 0.1) is 16.7 Å². The molecule has 4 nitrogen and oxygen atoms in total. The molecule has 0 spiro atoms. The summed E-state index contributed by atoms with van der Waals surface area (Å²) in [4.78, 5) is 4.68. The third kappa shape index (κ3) is 1.61. The number of imidazole rings is 1. The Bertz CT molecular complexity index is 906. The second-order valence-corrected chi connectivity index (χ2v) is 6.36. The lowest BCUT2D eigenvalue weighted by atomic mass is 10.1. The average Bonchev–Trinajstić information content (AvgIpc) is 3.07. The van der Waals surface area contributed by atoms with Crippen LogP contribution in [0.3, 0.4) is 0 Å². The van der Waals surface area contributed by atoms with E-state index in [4.69, 9.17) is 21.1 Å². The zero-order valence-corrected chi connectivity index (χ0v) is 12.4. The van der Waals surface area contributed by atoms with Gasteiger partial charge in [-0.1, -0.05) is 23.4 Å². The molecule has 104 valence electrons. The molecule has 2 aliphatic rings. The number of thioether (sulfide) groups is 1. The molecule has 6 heteroatoms. The Hall–Kier alpha value is -1.85. The zero-order chi connectivity index (χ0) is 14.0. The summed E-state index contributed by atoms with van der Waals surface area (Å²) in [7, 11) is 0. The van der Waals surface area contributed by atoms with E-state index in [0.717, 1.165) is 39.1 Å². The second-order valence-electron chi connectivity index (χ2n) is 4.99. The Labute approximate surface area is 129 Å². The Morgan fingerprint density at radius 1 is 1.14 bits per heavy atom. The lowest BCUT2D eigenvalue weighted by molar-refractivity contribution is 0.174. The molecule has 0 bridgehead atoms. The molecular weight excluding hydrogens is 308 g/mol. The van der Waals surface area contributed by atoms with Gasteiger partial charge in [0.1, 0.15) is 0 Å². The van der Waals surface area contributed by atoms with E-state index in [0.29, 0.717) is 5.02 Å². The largest absolute Gasteiger partial charge is 0.454 e. The molecule has 3 aromatic rings. The van der Waals surface area contributed by atoms with Gasteiger partial charge in [0, 0.05) is 16.8 Å². The van der Waals surface area contributed by atoms with Gasteiger partial charge in [-0.25, -0.2) is 4.98 Å². The van der Waals surface area contributed by atoms with Crippen LogP contribution in [0.15, 0.2) is 35.5 Å². The molecule has 0 aliphatic carbocycles. The summed E-state index contributed by atoms with van der Waals surface area (Å²) in [6.45, 7) is 0.286. The Morgan fingerprint density at radius 3 is 2.90 bits per heavy atom. The minimum absolute atomic E-state index is 0.286. The third-order valence-corrected chi connectivity index (χ3v) is 4.98. The van der Waals surface area contributed by atoms with Crippen LogP contribution in [-0.4, -0.2) is 16.3 Å². The fraction of sp³-hybridized carbons (Fsp3) is 0.133. The van der Waals surface area contributed by atoms with E-state index in [-0.39, 0.29) is 6.79 Å². The monoisotopic (exact) mass is 316 g/mol. The van der Waals surface area contributed by atoms with Crippen LogP contribution in [0.1, 0.15) is 5.56 Å². The number of nitrogens with zero attached hydrogens (tertiary/aromatic N) is 2. The molecule has 0 N–H and O–H groups in total. The highest BCUT2D eigenvalue weighted by molar-refractivity contribution is 7.98. The zero-order valence-electron chi connectivity index (χ0n) is 10.8. The number of hydrogen-bond donors (Lipinski definition) is 0. The number of aromatic nitrogens is 2. The van der Waals surface area contributed by atoms with Gasteiger partial charge in [-0.05, 0) is 29.8 Å². The molecule has 0 saturated heterocycles. The first-order chi connectivity index (χ1) is 10.3. The fourth-order valence-electron chi connectivity index (χ4n) is 2.80. The third-order valence-electron chi connectivity index (χ3n) is 3.76. The van der Waals surface area contributed by atoms with Gasteiger partial charge in [-0.15, -0.1) is 0 Å². The van der Waals surface area contributed by atoms with E-state index in [1.165, 1.54) is 5.56 Å².